The van der Waals surface area contributed by atoms with Crippen molar-refractivity contribution in [2.45, 2.75) is 6.92 Å². The third kappa shape index (κ3) is 2.70. The molecule has 0 atom stereocenters. The molecule has 0 saturated heterocycles. The molecule has 2 N–H and O–H groups in total. The van der Waals surface area contributed by atoms with Crippen molar-refractivity contribution in [2.24, 2.45) is 0 Å². The molecular formula is C9H9NO3S. The predicted molar refractivity (Wildman–Crippen MR) is 54.7 cm³/mol. The van der Waals surface area contributed by atoms with Gasteiger partial charge in [0.15, 0.2) is 0 Å². The molecule has 1 amide bonds. The van der Waals surface area contributed by atoms with Gasteiger partial charge in [-0.3, -0.25) is 4.79 Å². The molecule has 0 bridgehead atoms. The highest BCUT2D eigenvalue weighted by Gasteiger charge is 2.07. The highest BCUT2D eigenvalue weighted by Crippen LogP contribution is 2.21. The maximum absolute atomic E-state index is 11.1. The largest absolute Gasteiger partial charge is 0.477 e. The summed E-state index contributed by atoms with van der Waals surface area (Å²) in [5.41, 5.74) is 0. The Morgan fingerprint density at radius 3 is 2.71 bits per heavy atom. The van der Waals surface area contributed by atoms with Gasteiger partial charge in [0.2, 0.25) is 5.91 Å². The third-order valence-electron chi connectivity index (χ3n) is 1.38. The Morgan fingerprint density at radius 1 is 1.50 bits per heavy atom. The zero-order chi connectivity index (χ0) is 10.6. The Bertz CT molecular complexity index is 381. The fourth-order valence-electron chi connectivity index (χ4n) is 0.834. The lowest BCUT2D eigenvalue weighted by Gasteiger charge is -1.95. The molecule has 5 heteroatoms. The van der Waals surface area contributed by atoms with Crippen molar-refractivity contribution in [3.8, 4) is 0 Å². The molecule has 1 rings (SSSR count). The first kappa shape index (κ1) is 10.5. The summed E-state index contributed by atoms with van der Waals surface area (Å²) in [7, 11) is 0. The standard InChI is InChI=1S/C9H9NO3S/c1-2-3-7(11)10-8-5-4-6(14-8)9(12)13/h2-5H,1H3,(H,10,11)(H,12,13)/b3-2+. The van der Waals surface area contributed by atoms with Gasteiger partial charge >= 0.3 is 5.97 Å². The summed E-state index contributed by atoms with van der Waals surface area (Å²) < 4.78 is 0. The first-order valence-corrected chi connectivity index (χ1v) is 4.72. The van der Waals surface area contributed by atoms with E-state index in [0.29, 0.717) is 5.00 Å². The van der Waals surface area contributed by atoms with E-state index in [1.807, 2.05) is 0 Å². The van der Waals surface area contributed by atoms with Crippen LogP contribution in [0.15, 0.2) is 24.3 Å². The number of rotatable bonds is 3. The van der Waals surface area contributed by atoms with Crippen molar-refractivity contribution in [3.63, 3.8) is 0 Å². The molecule has 0 radical (unpaired) electrons. The fourth-order valence-corrected chi connectivity index (χ4v) is 1.58. The second kappa shape index (κ2) is 4.57. The first-order valence-electron chi connectivity index (χ1n) is 3.90. The van der Waals surface area contributed by atoms with Gasteiger partial charge < -0.3 is 10.4 Å². The van der Waals surface area contributed by atoms with Crippen LogP contribution in [0.25, 0.3) is 0 Å². The van der Waals surface area contributed by atoms with Gasteiger partial charge in [-0.15, -0.1) is 11.3 Å². The molecular weight excluding hydrogens is 202 g/mol. The molecule has 0 fully saturated rings. The molecule has 4 nitrogen and oxygen atoms in total. The predicted octanol–water partition coefficient (Wildman–Crippen LogP) is 1.96. The topological polar surface area (TPSA) is 66.4 Å². The van der Waals surface area contributed by atoms with Crippen molar-refractivity contribution >= 4 is 28.2 Å². The van der Waals surface area contributed by atoms with E-state index in [1.165, 1.54) is 12.1 Å². The van der Waals surface area contributed by atoms with Crippen LogP contribution in [0.4, 0.5) is 5.00 Å². The zero-order valence-electron chi connectivity index (χ0n) is 7.48. The normalized spacial score (nSPS) is 10.4. The highest BCUT2D eigenvalue weighted by atomic mass is 32.1. The molecule has 1 heterocycles. The van der Waals surface area contributed by atoms with E-state index in [9.17, 15) is 9.59 Å². The number of hydrogen-bond acceptors (Lipinski definition) is 3. The van der Waals surface area contributed by atoms with E-state index < -0.39 is 5.97 Å². The number of thiophene rings is 1. The number of anilines is 1. The van der Waals surface area contributed by atoms with Gasteiger partial charge in [-0.1, -0.05) is 6.08 Å². The SMILES string of the molecule is C/C=C/C(=O)Nc1ccc(C(=O)O)s1. The summed E-state index contributed by atoms with van der Waals surface area (Å²) >= 11 is 1.03. The Hall–Kier alpha value is -1.62. The summed E-state index contributed by atoms with van der Waals surface area (Å²) in [6, 6.07) is 3.02. The Labute approximate surface area is 84.9 Å². The van der Waals surface area contributed by atoms with Crippen LogP contribution in [-0.4, -0.2) is 17.0 Å². The van der Waals surface area contributed by atoms with Crippen LogP contribution in [0.5, 0.6) is 0 Å². The number of nitrogens with one attached hydrogen (secondary N) is 1. The monoisotopic (exact) mass is 211 g/mol. The number of aromatic carboxylic acids is 1. The van der Waals surface area contributed by atoms with Crippen LogP contribution < -0.4 is 5.32 Å². The van der Waals surface area contributed by atoms with Gasteiger partial charge in [-0.05, 0) is 25.1 Å². The molecule has 0 unspecified atom stereocenters. The Kier molecular flexibility index (Phi) is 3.41. The number of carbonyl (C=O) groups excluding carboxylic acids is 1. The number of carbonyl (C=O) groups is 2. The van der Waals surface area contributed by atoms with Gasteiger partial charge in [0.05, 0.1) is 5.00 Å². The number of carboxylic acids is 1. The molecule has 1 aromatic rings. The van der Waals surface area contributed by atoms with Crippen LogP contribution in [0, 0.1) is 0 Å². The van der Waals surface area contributed by atoms with Crippen LogP contribution >= 0.6 is 11.3 Å². The van der Waals surface area contributed by atoms with Gasteiger partial charge in [-0.2, -0.15) is 0 Å². The molecule has 0 aliphatic carbocycles. The maximum Gasteiger partial charge on any atom is 0.345 e. The van der Waals surface area contributed by atoms with Crippen molar-refractivity contribution in [3.05, 3.63) is 29.2 Å². The highest BCUT2D eigenvalue weighted by molar-refractivity contribution is 7.18. The molecule has 0 aliphatic heterocycles. The van der Waals surface area contributed by atoms with Gasteiger partial charge in [0, 0.05) is 0 Å². The summed E-state index contributed by atoms with van der Waals surface area (Å²) in [6.45, 7) is 1.73. The minimum absolute atomic E-state index is 0.209. The van der Waals surface area contributed by atoms with E-state index in [4.69, 9.17) is 5.11 Å². The smallest absolute Gasteiger partial charge is 0.345 e. The van der Waals surface area contributed by atoms with Crippen molar-refractivity contribution < 1.29 is 14.7 Å². The number of amides is 1. The van der Waals surface area contributed by atoms with E-state index in [-0.39, 0.29) is 10.8 Å². The summed E-state index contributed by atoms with van der Waals surface area (Å²) in [5, 5.41) is 11.7. The Morgan fingerprint density at radius 2 is 2.21 bits per heavy atom. The number of carboxylic acid groups (broad SMARTS) is 1. The lowest BCUT2D eigenvalue weighted by atomic mass is 10.4. The molecule has 74 valence electrons. The van der Waals surface area contributed by atoms with E-state index in [0.717, 1.165) is 11.3 Å². The van der Waals surface area contributed by atoms with E-state index >= 15 is 0 Å². The lowest BCUT2D eigenvalue weighted by Crippen LogP contribution is -2.05. The number of allylic oxidation sites excluding steroid dienone is 1. The van der Waals surface area contributed by atoms with E-state index in [2.05, 4.69) is 5.32 Å². The molecule has 0 aromatic carbocycles. The van der Waals surface area contributed by atoms with Gasteiger partial charge in [0.1, 0.15) is 4.88 Å². The third-order valence-corrected chi connectivity index (χ3v) is 2.37. The zero-order valence-corrected chi connectivity index (χ0v) is 8.30. The second-order valence-electron chi connectivity index (χ2n) is 2.46. The van der Waals surface area contributed by atoms with Crippen molar-refractivity contribution in [1.29, 1.82) is 0 Å². The van der Waals surface area contributed by atoms with E-state index in [1.54, 1.807) is 19.1 Å². The number of hydrogen-bond donors (Lipinski definition) is 2. The van der Waals surface area contributed by atoms with Crippen LogP contribution in [0.2, 0.25) is 0 Å². The van der Waals surface area contributed by atoms with Crippen LogP contribution in [0.1, 0.15) is 16.6 Å². The van der Waals surface area contributed by atoms with Crippen molar-refractivity contribution in [2.75, 3.05) is 5.32 Å². The fraction of sp³-hybridized carbons (Fsp3) is 0.111. The second-order valence-corrected chi connectivity index (χ2v) is 3.54. The van der Waals surface area contributed by atoms with Gasteiger partial charge in [0.25, 0.3) is 0 Å². The summed E-state index contributed by atoms with van der Waals surface area (Å²) in [4.78, 5) is 21.8. The summed E-state index contributed by atoms with van der Waals surface area (Å²) in [5.74, 6) is -1.24. The molecule has 14 heavy (non-hydrogen) atoms. The summed E-state index contributed by atoms with van der Waals surface area (Å²) in [6.07, 6.45) is 2.99. The van der Waals surface area contributed by atoms with Crippen LogP contribution in [0.3, 0.4) is 0 Å². The first-order chi connectivity index (χ1) is 6.63. The average molecular weight is 211 g/mol. The van der Waals surface area contributed by atoms with Crippen molar-refractivity contribution in [1.82, 2.24) is 0 Å². The molecule has 0 spiro atoms. The molecule has 1 aromatic heterocycles. The molecule has 0 aliphatic rings. The average Bonchev–Trinajstić information content (AvgIpc) is 2.53. The maximum atomic E-state index is 11.1. The minimum Gasteiger partial charge on any atom is -0.477 e. The lowest BCUT2D eigenvalue weighted by molar-refractivity contribution is -0.111. The van der Waals surface area contributed by atoms with Crippen LogP contribution in [-0.2, 0) is 4.79 Å². The Balaban J connectivity index is 2.69. The quantitative estimate of drug-likeness (QED) is 0.751. The van der Waals surface area contributed by atoms with Gasteiger partial charge in [-0.25, -0.2) is 4.79 Å². The minimum atomic E-state index is -0.985. The molecule has 0 saturated carbocycles.